The van der Waals surface area contributed by atoms with Gasteiger partial charge in [0.05, 0.1) is 7.11 Å². The summed E-state index contributed by atoms with van der Waals surface area (Å²) in [6.45, 7) is 1.87. The maximum Gasteiger partial charge on any atom is 0.134 e. The number of pyridine rings is 1. The minimum Gasteiger partial charge on any atom is -0.497 e. The molecule has 0 unspecified atom stereocenters. The van der Waals surface area contributed by atoms with Crippen LogP contribution in [-0.4, -0.2) is 12.1 Å². The number of halogens is 1. The highest BCUT2D eigenvalue weighted by molar-refractivity contribution is 5.68. The number of anilines is 1. The van der Waals surface area contributed by atoms with Crippen molar-refractivity contribution in [3.63, 3.8) is 0 Å². The quantitative estimate of drug-likeness (QED) is 0.866. The van der Waals surface area contributed by atoms with Crippen molar-refractivity contribution < 1.29 is 9.13 Å². The van der Waals surface area contributed by atoms with Gasteiger partial charge in [-0.05, 0) is 30.7 Å². The van der Waals surface area contributed by atoms with Crippen molar-refractivity contribution >= 4 is 5.82 Å². The Bertz CT molecular complexity index is 555. The molecule has 2 aromatic rings. The molecule has 1 aromatic carbocycles. The van der Waals surface area contributed by atoms with Gasteiger partial charge in [0.15, 0.2) is 0 Å². The van der Waals surface area contributed by atoms with Crippen LogP contribution in [0.4, 0.5) is 10.2 Å². The van der Waals surface area contributed by atoms with Crippen LogP contribution in [0.15, 0.2) is 30.5 Å². The van der Waals surface area contributed by atoms with Crippen molar-refractivity contribution in [2.45, 2.75) is 6.92 Å². The third-order valence-corrected chi connectivity index (χ3v) is 2.60. The van der Waals surface area contributed by atoms with Gasteiger partial charge in [-0.3, -0.25) is 0 Å². The Balaban J connectivity index is 2.53. The summed E-state index contributed by atoms with van der Waals surface area (Å²) >= 11 is 0. The number of aromatic nitrogens is 1. The van der Waals surface area contributed by atoms with Gasteiger partial charge in [0.2, 0.25) is 0 Å². The second-order valence-corrected chi connectivity index (χ2v) is 3.77. The Hall–Kier alpha value is -2.10. The third kappa shape index (κ3) is 2.20. The fourth-order valence-electron chi connectivity index (χ4n) is 1.70. The van der Waals surface area contributed by atoms with Gasteiger partial charge < -0.3 is 10.5 Å². The lowest BCUT2D eigenvalue weighted by Gasteiger charge is -2.08. The number of nitrogens with zero attached hydrogens (tertiary/aromatic N) is 1. The van der Waals surface area contributed by atoms with Crippen molar-refractivity contribution in [3.8, 4) is 16.9 Å². The molecule has 0 radical (unpaired) electrons. The van der Waals surface area contributed by atoms with Crippen LogP contribution in [0.2, 0.25) is 0 Å². The van der Waals surface area contributed by atoms with E-state index in [2.05, 4.69) is 4.98 Å². The molecular weight excluding hydrogens is 219 g/mol. The van der Waals surface area contributed by atoms with Crippen LogP contribution in [0.1, 0.15) is 5.56 Å². The second kappa shape index (κ2) is 4.41. The van der Waals surface area contributed by atoms with E-state index in [9.17, 15) is 4.39 Å². The first-order valence-electron chi connectivity index (χ1n) is 5.18. The average Bonchev–Trinajstić information content (AvgIpc) is 2.30. The number of nitrogen functional groups attached to an aromatic ring is 1. The monoisotopic (exact) mass is 232 g/mol. The third-order valence-electron chi connectivity index (χ3n) is 2.60. The number of ether oxygens (including phenoxy) is 1. The van der Waals surface area contributed by atoms with Crippen molar-refractivity contribution in [2.24, 2.45) is 0 Å². The molecule has 0 fully saturated rings. The lowest BCUT2D eigenvalue weighted by atomic mass is 10.0. The molecule has 0 atom stereocenters. The molecule has 0 aliphatic rings. The molecule has 2 rings (SSSR count). The van der Waals surface area contributed by atoms with Crippen molar-refractivity contribution in [1.29, 1.82) is 0 Å². The minimum absolute atomic E-state index is 0.334. The Morgan fingerprint density at radius 3 is 2.59 bits per heavy atom. The molecule has 0 saturated carbocycles. The maximum absolute atomic E-state index is 13.9. The van der Waals surface area contributed by atoms with Gasteiger partial charge in [-0.2, -0.15) is 0 Å². The van der Waals surface area contributed by atoms with E-state index in [0.29, 0.717) is 17.1 Å². The lowest BCUT2D eigenvalue weighted by molar-refractivity contribution is 0.411. The van der Waals surface area contributed by atoms with Crippen molar-refractivity contribution in [3.05, 3.63) is 41.8 Å². The Labute approximate surface area is 99.1 Å². The highest BCUT2D eigenvalue weighted by Crippen LogP contribution is 2.28. The standard InChI is InChI=1S/C13H13FN2O/c1-8-5-13(15)16-7-11(8)10-4-3-9(17-2)6-12(10)14/h3-7H,1-2H3,(H2,15,16). The van der Waals surface area contributed by atoms with E-state index in [0.717, 1.165) is 11.1 Å². The summed E-state index contributed by atoms with van der Waals surface area (Å²) in [5, 5.41) is 0. The number of benzene rings is 1. The summed E-state index contributed by atoms with van der Waals surface area (Å²) in [6.07, 6.45) is 1.58. The maximum atomic E-state index is 13.9. The molecule has 88 valence electrons. The smallest absolute Gasteiger partial charge is 0.134 e. The van der Waals surface area contributed by atoms with Gasteiger partial charge in [-0.1, -0.05) is 0 Å². The van der Waals surface area contributed by atoms with E-state index >= 15 is 0 Å². The van der Waals surface area contributed by atoms with Crippen LogP contribution >= 0.6 is 0 Å². The van der Waals surface area contributed by atoms with E-state index in [1.165, 1.54) is 13.2 Å². The zero-order valence-corrected chi connectivity index (χ0v) is 9.70. The van der Waals surface area contributed by atoms with Crippen LogP contribution in [0.3, 0.4) is 0 Å². The van der Waals surface area contributed by atoms with E-state index in [1.807, 2.05) is 6.92 Å². The first kappa shape index (κ1) is 11.4. The zero-order chi connectivity index (χ0) is 12.4. The first-order chi connectivity index (χ1) is 8.11. The van der Waals surface area contributed by atoms with Crippen LogP contribution < -0.4 is 10.5 Å². The molecule has 0 amide bonds. The fraction of sp³-hybridized carbons (Fsp3) is 0.154. The van der Waals surface area contributed by atoms with Crippen LogP contribution in [0.25, 0.3) is 11.1 Å². The number of nitrogens with two attached hydrogens (primary N) is 1. The number of rotatable bonds is 2. The molecule has 2 N–H and O–H groups in total. The van der Waals surface area contributed by atoms with Gasteiger partial charge in [0.1, 0.15) is 17.4 Å². The molecule has 4 heteroatoms. The van der Waals surface area contributed by atoms with Crippen LogP contribution in [-0.2, 0) is 0 Å². The molecule has 0 spiro atoms. The predicted molar refractivity (Wildman–Crippen MR) is 65.3 cm³/mol. The van der Waals surface area contributed by atoms with Gasteiger partial charge in [-0.15, -0.1) is 0 Å². The highest BCUT2D eigenvalue weighted by atomic mass is 19.1. The number of hydrogen-bond acceptors (Lipinski definition) is 3. The topological polar surface area (TPSA) is 48.1 Å². The van der Waals surface area contributed by atoms with Gasteiger partial charge in [0, 0.05) is 23.4 Å². The second-order valence-electron chi connectivity index (χ2n) is 3.77. The fourth-order valence-corrected chi connectivity index (χ4v) is 1.70. The van der Waals surface area contributed by atoms with Gasteiger partial charge in [-0.25, -0.2) is 9.37 Å². The van der Waals surface area contributed by atoms with E-state index in [4.69, 9.17) is 10.5 Å². The predicted octanol–water partition coefficient (Wildman–Crippen LogP) is 2.79. The number of hydrogen-bond donors (Lipinski definition) is 1. The normalized spacial score (nSPS) is 10.3. The summed E-state index contributed by atoms with van der Waals surface area (Å²) in [4.78, 5) is 3.98. The van der Waals surface area contributed by atoms with Crippen LogP contribution in [0.5, 0.6) is 5.75 Å². The van der Waals surface area contributed by atoms with E-state index in [1.54, 1.807) is 24.4 Å². The molecule has 0 aliphatic carbocycles. The van der Waals surface area contributed by atoms with Gasteiger partial charge >= 0.3 is 0 Å². The molecule has 0 aliphatic heterocycles. The molecule has 3 nitrogen and oxygen atoms in total. The van der Waals surface area contributed by atoms with E-state index < -0.39 is 0 Å². The number of aryl methyl sites for hydroxylation is 1. The summed E-state index contributed by atoms with van der Waals surface area (Å²) in [5.74, 6) is 0.589. The van der Waals surface area contributed by atoms with Gasteiger partial charge in [0.25, 0.3) is 0 Å². The summed E-state index contributed by atoms with van der Waals surface area (Å²) in [7, 11) is 1.50. The minimum atomic E-state index is -0.334. The Morgan fingerprint density at radius 1 is 1.24 bits per heavy atom. The number of methoxy groups -OCH3 is 1. The summed E-state index contributed by atoms with van der Waals surface area (Å²) < 4.78 is 18.8. The molecular formula is C13H13FN2O. The zero-order valence-electron chi connectivity index (χ0n) is 9.70. The summed E-state index contributed by atoms with van der Waals surface area (Å²) in [6, 6.07) is 6.46. The molecule has 0 bridgehead atoms. The van der Waals surface area contributed by atoms with Crippen molar-refractivity contribution in [2.75, 3.05) is 12.8 Å². The first-order valence-corrected chi connectivity index (χ1v) is 5.18. The largest absolute Gasteiger partial charge is 0.497 e. The Morgan fingerprint density at radius 2 is 2.00 bits per heavy atom. The van der Waals surface area contributed by atoms with E-state index in [-0.39, 0.29) is 5.82 Å². The molecule has 0 saturated heterocycles. The average molecular weight is 232 g/mol. The lowest BCUT2D eigenvalue weighted by Crippen LogP contribution is -1.94. The van der Waals surface area contributed by atoms with Crippen LogP contribution in [0, 0.1) is 12.7 Å². The molecule has 1 aromatic heterocycles. The molecule has 1 heterocycles. The SMILES string of the molecule is COc1ccc(-c2cnc(N)cc2C)c(F)c1. The Kier molecular flexibility index (Phi) is 2.95. The summed E-state index contributed by atoms with van der Waals surface area (Å²) in [5.41, 5.74) is 7.69. The van der Waals surface area contributed by atoms with Crippen molar-refractivity contribution in [1.82, 2.24) is 4.98 Å². The highest BCUT2D eigenvalue weighted by Gasteiger charge is 2.09. The molecule has 17 heavy (non-hydrogen) atoms.